The van der Waals surface area contributed by atoms with Crippen molar-refractivity contribution in [2.75, 3.05) is 33.4 Å². The van der Waals surface area contributed by atoms with E-state index in [1.165, 1.54) is 0 Å². The minimum Gasteiger partial charge on any atom is -0.330 e. The van der Waals surface area contributed by atoms with Crippen molar-refractivity contribution in [3.05, 3.63) is 30.3 Å². The fraction of sp³-hybridized carbons (Fsp3) is 0.455. The summed E-state index contributed by atoms with van der Waals surface area (Å²) in [6, 6.07) is 8.60. The molecule has 0 aliphatic carbocycles. The number of quaternary nitrogens is 1. The van der Waals surface area contributed by atoms with Crippen molar-refractivity contribution in [2.45, 2.75) is 4.90 Å². The maximum Gasteiger partial charge on any atom is 0.183 e. The molecule has 15 heavy (non-hydrogen) atoms. The summed E-state index contributed by atoms with van der Waals surface area (Å²) >= 11 is 0. The molecule has 0 unspecified atom stereocenters. The highest BCUT2D eigenvalue weighted by atomic mass is 32.2. The van der Waals surface area contributed by atoms with Crippen molar-refractivity contribution in [1.29, 1.82) is 0 Å². The second-order valence-electron chi connectivity index (χ2n) is 4.65. The van der Waals surface area contributed by atoms with E-state index >= 15 is 0 Å². The zero-order chi connectivity index (χ0) is 11.5. The average Bonchev–Trinajstić information content (AvgIpc) is 2.16. The van der Waals surface area contributed by atoms with Crippen LogP contribution in [0.2, 0.25) is 0 Å². The molecule has 0 heterocycles. The van der Waals surface area contributed by atoms with Gasteiger partial charge >= 0.3 is 0 Å². The molecule has 4 heteroatoms. The monoisotopic (exact) mass is 228 g/mol. The molecule has 0 bridgehead atoms. The Morgan fingerprint density at radius 1 is 1.07 bits per heavy atom. The van der Waals surface area contributed by atoms with E-state index < -0.39 is 9.84 Å². The van der Waals surface area contributed by atoms with E-state index in [-0.39, 0.29) is 5.75 Å². The van der Waals surface area contributed by atoms with Gasteiger partial charge in [0.25, 0.3) is 0 Å². The van der Waals surface area contributed by atoms with Gasteiger partial charge in [-0.25, -0.2) is 8.42 Å². The zero-order valence-electron chi connectivity index (χ0n) is 9.47. The third-order valence-electron chi connectivity index (χ3n) is 2.13. The van der Waals surface area contributed by atoms with Gasteiger partial charge < -0.3 is 4.48 Å². The first kappa shape index (κ1) is 12.2. The van der Waals surface area contributed by atoms with Gasteiger partial charge in [-0.15, -0.1) is 0 Å². The highest BCUT2D eigenvalue weighted by Gasteiger charge is 2.18. The maximum atomic E-state index is 11.9. The summed E-state index contributed by atoms with van der Waals surface area (Å²) in [4.78, 5) is 0.415. The highest BCUT2D eigenvalue weighted by Crippen LogP contribution is 2.10. The van der Waals surface area contributed by atoms with Crippen LogP contribution in [0, 0.1) is 0 Å². The fourth-order valence-corrected chi connectivity index (χ4v) is 2.74. The van der Waals surface area contributed by atoms with Crippen LogP contribution in [0.5, 0.6) is 0 Å². The van der Waals surface area contributed by atoms with Crippen molar-refractivity contribution in [3.8, 4) is 0 Å². The summed E-state index contributed by atoms with van der Waals surface area (Å²) in [7, 11) is 2.85. The SMILES string of the molecule is C[N+](C)(C)CCS(=O)(=O)c1ccccc1. The van der Waals surface area contributed by atoms with Crippen LogP contribution in [-0.2, 0) is 9.84 Å². The molecule has 3 nitrogen and oxygen atoms in total. The summed E-state index contributed by atoms with van der Waals surface area (Å²) in [6.07, 6.45) is 0. The molecule has 0 saturated carbocycles. The molecular weight excluding hydrogens is 210 g/mol. The molecule has 0 spiro atoms. The lowest BCUT2D eigenvalue weighted by molar-refractivity contribution is -0.867. The third-order valence-corrected chi connectivity index (χ3v) is 3.84. The molecule has 0 saturated heterocycles. The first-order chi connectivity index (χ1) is 6.81. The number of sulfone groups is 1. The summed E-state index contributed by atoms with van der Waals surface area (Å²) in [5, 5.41) is 0. The minimum absolute atomic E-state index is 0.195. The molecule has 0 amide bonds. The Bertz CT molecular complexity index is 404. The molecule has 0 aliphatic heterocycles. The standard InChI is InChI=1S/C11H18NO2S/c1-12(2,3)9-10-15(13,14)11-7-5-4-6-8-11/h4-8H,9-10H2,1-3H3/q+1. The molecule has 0 aromatic heterocycles. The Morgan fingerprint density at radius 3 is 2.07 bits per heavy atom. The van der Waals surface area contributed by atoms with Gasteiger partial charge in [0, 0.05) is 0 Å². The van der Waals surface area contributed by atoms with E-state index in [1.54, 1.807) is 24.3 Å². The lowest BCUT2D eigenvalue weighted by Gasteiger charge is -2.23. The van der Waals surface area contributed by atoms with Gasteiger partial charge in [-0.05, 0) is 12.1 Å². The van der Waals surface area contributed by atoms with E-state index in [0.717, 1.165) is 0 Å². The fourth-order valence-electron chi connectivity index (χ4n) is 1.14. The second kappa shape index (κ2) is 4.33. The molecule has 0 N–H and O–H groups in total. The Morgan fingerprint density at radius 2 is 1.60 bits per heavy atom. The van der Waals surface area contributed by atoms with Gasteiger partial charge in [0.15, 0.2) is 9.84 Å². The summed E-state index contributed by atoms with van der Waals surface area (Å²) in [5.74, 6) is 0.195. The van der Waals surface area contributed by atoms with Gasteiger partial charge in [-0.3, -0.25) is 0 Å². The second-order valence-corrected chi connectivity index (χ2v) is 6.76. The van der Waals surface area contributed by atoms with Crippen molar-refractivity contribution in [1.82, 2.24) is 0 Å². The molecule has 0 fully saturated rings. The van der Waals surface area contributed by atoms with Crippen LogP contribution in [0.25, 0.3) is 0 Å². The first-order valence-electron chi connectivity index (χ1n) is 4.89. The van der Waals surface area contributed by atoms with E-state index in [9.17, 15) is 8.42 Å². The van der Waals surface area contributed by atoms with Crippen molar-refractivity contribution < 1.29 is 12.9 Å². The average molecular weight is 228 g/mol. The Hall–Kier alpha value is -0.870. The summed E-state index contributed by atoms with van der Waals surface area (Å²) in [5.41, 5.74) is 0. The van der Waals surface area contributed by atoms with Crippen LogP contribution in [0.4, 0.5) is 0 Å². The number of benzene rings is 1. The smallest absolute Gasteiger partial charge is 0.183 e. The largest absolute Gasteiger partial charge is 0.330 e. The lowest BCUT2D eigenvalue weighted by Crippen LogP contribution is -2.38. The molecular formula is C11H18NO2S+. The van der Waals surface area contributed by atoms with Crippen LogP contribution < -0.4 is 0 Å². The van der Waals surface area contributed by atoms with Gasteiger partial charge in [-0.2, -0.15) is 0 Å². The van der Waals surface area contributed by atoms with Crippen LogP contribution in [0.1, 0.15) is 0 Å². The number of rotatable bonds is 4. The van der Waals surface area contributed by atoms with Crippen molar-refractivity contribution in [2.24, 2.45) is 0 Å². The third kappa shape index (κ3) is 4.01. The van der Waals surface area contributed by atoms with Crippen LogP contribution in [-0.4, -0.2) is 46.3 Å². The number of hydrogen-bond acceptors (Lipinski definition) is 2. The van der Waals surface area contributed by atoms with Gasteiger partial charge in [0.1, 0.15) is 5.75 Å². The van der Waals surface area contributed by atoms with Gasteiger partial charge in [0.05, 0.1) is 32.6 Å². The molecule has 0 aliphatic rings. The quantitative estimate of drug-likeness (QED) is 0.725. The molecule has 1 aromatic rings. The van der Waals surface area contributed by atoms with Gasteiger partial charge in [-0.1, -0.05) is 18.2 Å². The predicted octanol–water partition coefficient (Wildman–Crippen LogP) is 1.17. The lowest BCUT2D eigenvalue weighted by atomic mass is 10.4. The van der Waals surface area contributed by atoms with E-state index in [2.05, 4.69) is 0 Å². The Kier molecular flexibility index (Phi) is 3.52. The van der Waals surface area contributed by atoms with Gasteiger partial charge in [0.2, 0.25) is 0 Å². The molecule has 1 aromatic carbocycles. The van der Waals surface area contributed by atoms with E-state index in [1.807, 2.05) is 27.2 Å². The number of hydrogen-bond donors (Lipinski definition) is 0. The summed E-state index contributed by atoms with van der Waals surface area (Å²) in [6.45, 7) is 0.622. The Balaban J connectivity index is 2.78. The van der Waals surface area contributed by atoms with Crippen molar-refractivity contribution >= 4 is 9.84 Å². The number of nitrogens with zero attached hydrogens (tertiary/aromatic N) is 1. The zero-order valence-corrected chi connectivity index (χ0v) is 10.3. The van der Waals surface area contributed by atoms with E-state index in [4.69, 9.17) is 0 Å². The predicted molar refractivity (Wildman–Crippen MR) is 61.4 cm³/mol. The van der Waals surface area contributed by atoms with Crippen LogP contribution >= 0.6 is 0 Å². The summed E-state index contributed by atoms with van der Waals surface area (Å²) < 4.78 is 24.4. The molecule has 0 radical (unpaired) electrons. The van der Waals surface area contributed by atoms with E-state index in [0.29, 0.717) is 15.9 Å². The van der Waals surface area contributed by atoms with Crippen LogP contribution in [0.15, 0.2) is 35.2 Å². The highest BCUT2D eigenvalue weighted by molar-refractivity contribution is 7.91. The molecule has 1 rings (SSSR count). The Labute approximate surface area is 91.9 Å². The van der Waals surface area contributed by atoms with Crippen molar-refractivity contribution in [3.63, 3.8) is 0 Å². The topological polar surface area (TPSA) is 34.1 Å². The van der Waals surface area contributed by atoms with Crippen LogP contribution in [0.3, 0.4) is 0 Å². The maximum absolute atomic E-state index is 11.9. The molecule has 0 atom stereocenters. The first-order valence-corrected chi connectivity index (χ1v) is 6.55. The molecule has 84 valence electrons. The minimum atomic E-state index is -3.11. The normalized spacial score (nSPS) is 12.7.